The maximum absolute atomic E-state index is 11.6. The van der Waals surface area contributed by atoms with Crippen LogP contribution >= 0.6 is 0 Å². The maximum atomic E-state index is 11.6. The molecule has 20 heavy (non-hydrogen) atoms. The molecule has 5 nitrogen and oxygen atoms in total. The molecule has 2 unspecified atom stereocenters. The number of sulfone groups is 1. The molecule has 2 rings (SSSR count). The van der Waals surface area contributed by atoms with Crippen LogP contribution in [0.3, 0.4) is 0 Å². The highest BCUT2D eigenvalue weighted by molar-refractivity contribution is 7.91. The summed E-state index contributed by atoms with van der Waals surface area (Å²) in [5, 5.41) is 13.5. The van der Waals surface area contributed by atoms with E-state index in [4.69, 9.17) is 0 Å². The summed E-state index contributed by atoms with van der Waals surface area (Å²) in [6, 6.07) is 0.405. The van der Waals surface area contributed by atoms with Gasteiger partial charge in [-0.1, -0.05) is 13.8 Å². The first-order valence-electron chi connectivity index (χ1n) is 7.57. The van der Waals surface area contributed by atoms with Crippen molar-refractivity contribution in [2.75, 3.05) is 31.7 Å². The number of aliphatic hydroxyl groups is 1. The topological polar surface area (TPSA) is 69.6 Å². The molecule has 2 fully saturated rings. The second kappa shape index (κ2) is 5.91. The van der Waals surface area contributed by atoms with E-state index in [0.717, 1.165) is 12.8 Å². The molecule has 118 valence electrons. The van der Waals surface area contributed by atoms with Crippen molar-refractivity contribution in [3.05, 3.63) is 0 Å². The molecule has 0 amide bonds. The van der Waals surface area contributed by atoms with E-state index in [0.29, 0.717) is 30.7 Å². The summed E-state index contributed by atoms with van der Waals surface area (Å²) in [6.07, 6.45) is 3.01. The minimum Gasteiger partial charge on any atom is -0.394 e. The van der Waals surface area contributed by atoms with Crippen LogP contribution in [0.4, 0.5) is 0 Å². The van der Waals surface area contributed by atoms with Gasteiger partial charge in [-0.05, 0) is 32.2 Å². The molecule has 1 heterocycles. The Labute approximate surface area is 122 Å². The van der Waals surface area contributed by atoms with Crippen molar-refractivity contribution < 1.29 is 13.5 Å². The maximum Gasteiger partial charge on any atom is 0.151 e. The molecule has 0 aromatic heterocycles. The summed E-state index contributed by atoms with van der Waals surface area (Å²) in [4.78, 5) is 2.13. The van der Waals surface area contributed by atoms with Crippen LogP contribution in [-0.2, 0) is 9.84 Å². The highest BCUT2D eigenvalue weighted by Gasteiger charge is 2.46. The Morgan fingerprint density at radius 3 is 2.40 bits per heavy atom. The second-order valence-electron chi connectivity index (χ2n) is 6.86. The summed E-state index contributed by atoms with van der Waals surface area (Å²) >= 11 is 0. The van der Waals surface area contributed by atoms with Gasteiger partial charge in [0.2, 0.25) is 0 Å². The molecule has 0 aromatic rings. The fourth-order valence-corrected chi connectivity index (χ4v) is 5.23. The predicted octanol–water partition coefficient (Wildman–Crippen LogP) is 0.244. The van der Waals surface area contributed by atoms with Crippen molar-refractivity contribution in [3.63, 3.8) is 0 Å². The summed E-state index contributed by atoms with van der Waals surface area (Å²) in [5.74, 6) is 1.07. The number of nitrogens with one attached hydrogen (secondary N) is 1. The molecule has 6 heteroatoms. The summed E-state index contributed by atoms with van der Waals surface area (Å²) in [6.45, 7) is 5.01. The molecule has 1 saturated carbocycles. The smallest absolute Gasteiger partial charge is 0.151 e. The van der Waals surface area contributed by atoms with Gasteiger partial charge in [0, 0.05) is 18.6 Å². The average Bonchev–Trinajstić information content (AvgIpc) is 3.12. The van der Waals surface area contributed by atoms with Crippen molar-refractivity contribution in [3.8, 4) is 0 Å². The van der Waals surface area contributed by atoms with E-state index in [1.807, 2.05) is 7.05 Å². The Kier molecular flexibility index (Phi) is 4.79. The lowest BCUT2D eigenvalue weighted by Crippen LogP contribution is -2.60. The molecular formula is C14H28N2O3S. The highest BCUT2D eigenvalue weighted by Crippen LogP contribution is 2.40. The number of hydrogen-bond donors (Lipinski definition) is 2. The third-order valence-electron chi connectivity index (χ3n) is 4.58. The molecule has 2 aliphatic rings. The van der Waals surface area contributed by atoms with Crippen molar-refractivity contribution >= 4 is 9.84 Å². The number of hydrogen-bond acceptors (Lipinski definition) is 5. The standard InChI is InChI=1S/C14H28N2O3S/c1-11(2)15-14(10-17,12-4-5-12)9-16(3)13-6-7-20(18,19)8-13/h11-13,15,17H,4-10H2,1-3H3. The van der Waals surface area contributed by atoms with E-state index in [1.54, 1.807) is 0 Å². The molecule has 1 aliphatic carbocycles. The normalized spacial score (nSPS) is 29.0. The van der Waals surface area contributed by atoms with Crippen molar-refractivity contribution in [2.45, 2.75) is 50.7 Å². The van der Waals surface area contributed by atoms with E-state index in [2.05, 4.69) is 24.1 Å². The van der Waals surface area contributed by atoms with E-state index in [1.165, 1.54) is 0 Å². The Balaban J connectivity index is 2.04. The van der Waals surface area contributed by atoms with Gasteiger partial charge in [0.25, 0.3) is 0 Å². The van der Waals surface area contributed by atoms with Crippen molar-refractivity contribution in [1.29, 1.82) is 0 Å². The average molecular weight is 304 g/mol. The van der Waals surface area contributed by atoms with Gasteiger partial charge in [-0.3, -0.25) is 0 Å². The molecule has 2 atom stereocenters. The molecule has 1 aliphatic heterocycles. The molecule has 0 spiro atoms. The zero-order valence-corrected chi connectivity index (χ0v) is 13.6. The van der Waals surface area contributed by atoms with Crippen LogP contribution in [0.5, 0.6) is 0 Å². The van der Waals surface area contributed by atoms with Crippen LogP contribution in [0.1, 0.15) is 33.1 Å². The van der Waals surface area contributed by atoms with Gasteiger partial charge in [0.05, 0.1) is 23.7 Å². The third-order valence-corrected chi connectivity index (χ3v) is 6.33. The van der Waals surface area contributed by atoms with Crippen LogP contribution in [0, 0.1) is 5.92 Å². The van der Waals surface area contributed by atoms with Gasteiger partial charge in [0.15, 0.2) is 9.84 Å². The zero-order chi connectivity index (χ0) is 15.0. The third kappa shape index (κ3) is 3.72. The van der Waals surface area contributed by atoms with E-state index < -0.39 is 9.84 Å². The lowest BCUT2D eigenvalue weighted by molar-refractivity contribution is 0.0811. The van der Waals surface area contributed by atoms with Gasteiger partial charge >= 0.3 is 0 Å². The Hall–Kier alpha value is -0.170. The Morgan fingerprint density at radius 1 is 1.35 bits per heavy atom. The number of aliphatic hydroxyl groups excluding tert-OH is 1. The number of rotatable bonds is 7. The quantitative estimate of drug-likeness (QED) is 0.705. The van der Waals surface area contributed by atoms with Crippen LogP contribution in [0.25, 0.3) is 0 Å². The van der Waals surface area contributed by atoms with Crippen molar-refractivity contribution in [1.82, 2.24) is 10.2 Å². The lowest BCUT2D eigenvalue weighted by atomic mass is 9.91. The van der Waals surface area contributed by atoms with Gasteiger partial charge in [-0.25, -0.2) is 8.42 Å². The number of nitrogens with zero attached hydrogens (tertiary/aromatic N) is 1. The van der Waals surface area contributed by atoms with Crippen LogP contribution in [-0.4, -0.2) is 67.8 Å². The Bertz CT molecular complexity index is 434. The van der Waals surface area contributed by atoms with Gasteiger partial charge in [0.1, 0.15) is 0 Å². The molecule has 0 bridgehead atoms. The summed E-state index contributed by atoms with van der Waals surface area (Å²) in [7, 11) is -0.869. The first-order valence-corrected chi connectivity index (χ1v) is 9.39. The lowest BCUT2D eigenvalue weighted by Gasteiger charge is -2.40. The fraction of sp³-hybridized carbons (Fsp3) is 1.00. The van der Waals surface area contributed by atoms with Gasteiger partial charge < -0.3 is 15.3 Å². The summed E-state index contributed by atoms with van der Waals surface area (Å²) < 4.78 is 23.2. The van der Waals surface area contributed by atoms with E-state index in [-0.39, 0.29) is 23.9 Å². The van der Waals surface area contributed by atoms with Crippen LogP contribution < -0.4 is 5.32 Å². The fourth-order valence-electron chi connectivity index (χ4n) is 3.43. The molecule has 0 aromatic carbocycles. The zero-order valence-electron chi connectivity index (χ0n) is 12.8. The molecule has 2 N–H and O–H groups in total. The van der Waals surface area contributed by atoms with Gasteiger partial charge in [-0.15, -0.1) is 0 Å². The minimum absolute atomic E-state index is 0.0960. The minimum atomic E-state index is -2.86. The predicted molar refractivity (Wildman–Crippen MR) is 80.5 cm³/mol. The Morgan fingerprint density at radius 2 is 2.00 bits per heavy atom. The van der Waals surface area contributed by atoms with Crippen molar-refractivity contribution in [2.24, 2.45) is 5.92 Å². The first kappa shape index (κ1) is 16.2. The highest BCUT2D eigenvalue weighted by atomic mass is 32.2. The summed E-state index contributed by atoms with van der Waals surface area (Å²) in [5.41, 5.74) is -0.282. The van der Waals surface area contributed by atoms with Crippen LogP contribution in [0.2, 0.25) is 0 Å². The van der Waals surface area contributed by atoms with Gasteiger partial charge in [-0.2, -0.15) is 0 Å². The molecule has 1 saturated heterocycles. The molecular weight excluding hydrogens is 276 g/mol. The monoisotopic (exact) mass is 304 g/mol. The first-order chi connectivity index (χ1) is 9.28. The largest absolute Gasteiger partial charge is 0.394 e. The second-order valence-corrected chi connectivity index (χ2v) is 9.09. The number of likely N-dealkylation sites (N-methyl/N-ethyl adjacent to an activating group) is 1. The van der Waals surface area contributed by atoms with E-state index in [9.17, 15) is 13.5 Å². The SMILES string of the molecule is CC(C)NC(CO)(CN(C)C1CCS(=O)(=O)C1)C1CC1. The van der Waals surface area contributed by atoms with E-state index >= 15 is 0 Å². The van der Waals surface area contributed by atoms with Crippen LogP contribution in [0.15, 0.2) is 0 Å². The molecule has 0 radical (unpaired) electrons.